The van der Waals surface area contributed by atoms with Gasteiger partial charge in [0.2, 0.25) is 5.91 Å². The van der Waals surface area contributed by atoms with Crippen LogP contribution in [-0.2, 0) is 4.79 Å². The molecule has 0 saturated heterocycles. The summed E-state index contributed by atoms with van der Waals surface area (Å²) in [7, 11) is 0. The number of imidazole rings is 1. The van der Waals surface area contributed by atoms with E-state index in [1.807, 2.05) is 17.5 Å². The predicted molar refractivity (Wildman–Crippen MR) is 81.1 cm³/mol. The van der Waals surface area contributed by atoms with Crippen molar-refractivity contribution in [2.24, 2.45) is 0 Å². The van der Waals surface area contributed by atoms with E-state index in [4.69, 9.17) is 0 Å². The molecule has 0 fully saturated rings. The number of nitrogens with zero attached hydrogens (tertiary/aromatic N) is 4. The maximum atomic E-state index is 11.8. The first-order chi connectivity index (χ1) is 10.3. The summed E-state index contributed by atoms with van der Waals surface area (Å²) in [6.45, 7) is 0. The summed E-state index contributed by atoms with van der Waals surface area (Å²) in [5, 5.41) is 4.66. The quantitative estimate of drug-likeness (QED) is 0.750. The molecule has 0 saturated carbocycles. The van der Waals surface area contributed by atoms with E-state index in [1.54, 1.807) is 46.8 Å². The lowest BCUT2D eigenvalue weighted by atomic mass is 10.4. The van der Waals surface area contributed by atoms with E-state index in [2.05, 4.69) is 20.3 Å². The Morgan fingerprint density at radius 3 is 3.10 bits per heavy atom. The maximum absolute atomic E-state index is 11.8. The fourth-order valence-electron chi connectivity index (χ4n) is 1.66. The van der Waals surface area contributed by atoms with Gasteiger partial charge in [-0.15, -0.1) is 11.3 Å². The molecule has 3 heterocycles. The Morgan fingerprint density at radius 2 is 2.33 bits per heavy atom. The van der Waals surface area contributed by atoms with Gasteiger partial charge in [0.05, 0.1) is 0 Å². The predicted octanol–water partition coefficient (Wildman–Crippen LogP) is 2.38. The van der Waals surface area contributed by atoms with Crippen LogP contribution in [0, 0.1) is 0 Å². The van der Waals surface area contributed by atoms with E-state index in [1.165, 1.54) is 12.4 Å². The van der Waals surface area contributed by atoms with Gasteiger partial charge in [0.15, 0.2) is 0 Å². The van der Waals surface area contributed by atoms with E-state index >= 15 is 0 Å². The zero-order valence-electron chi connectivity index (χ0n) is 10.9. The first-order valence-corrected chi connectivity index (χ1v) is 7.02. The number of thiophene rings is 1. The molecule has 0 radical (unpaired) electrons. The van der Waals surface area contributed by atoms with Crippen molar-refractivity contribution in [3.8, 4) is 5.82 Å². The van der Waals surface area contributed by atoms with E-state index in [0.29, 0.717) is 11.6 Å². The van der Waals surface area contributed by atoms with Crippen LogP contribution in [0.1, 0.15) is 4.88 Å². The van der Waals surface area contributed by atoms with Crippen LogP contribution < -0.4 is 5.32 Å². The fraction of sp³-hybridized carbons (Fsp3) is 0. The fourth-order valence-corrected chi connectivity index (χ4v) is 2.28. The number of nitrogens with one attached hydrogen (secondary N) is 1. The average Bonchev–Trinajstić information content (AvgIpc) is 3.19. The lowest BCUT2D eigenvalue weighted by Gasteiger charge is -2.04. The Kier molecular flexibility index (Phi) is 3.83. The third-order valence-electron chi connectivity index (χ3n) is 2.62. The van der Waals surface area contributed by atoms with Crippen LogP contribution in [0.4, 0.5) is 5.82 Å². The minimum Gasteiger partial charge on any atom is -0.307 e. The molecule has 0 atom stereocenters. The van der Waals surface area contributed by atoms with Crippen LogP contribution in [0.15, 0.2) is 54.7 Å². The molecular formula is C14H11N5OS. The molecule has 6 nitrogen and oxygen atoms in total. The Bertz CT molecular complexity index is 750. The van der Waals surface area contributed by atoms with Crippen molar-refractivity contribution >= 4 is 29.1 Å². The number of anilines is 1. The molecule has 0 aliphatic heterocycles. The molecule has 0 unspecified atom stereocenters. The summed E-state index contributed by atoms with van der Waals surface area (Å²) in [6, 6.07) is 5.55. The average molecular weight is 297 g/mol. The molecule has 0 bridgehead atoms. The van der Waals surface area contributed by atoms with Crippen molar-refractivity contribution < 1.29 is 4.79 Å². The molecule has 3 rings (SSSR count). The summed E-state index contributed by atoms with van der Waals surface area (Å²) in [5.41, 5.74) is 0. The molecule has 0 aromatic carbocycles. The van der Waals surface area contributed by atoms with E-state index in [0.717, 1.165) is 4.88 Å². The second-order valence-corrected chi connectivity index (χ2v) is 5.05. The monoisotopic (exact) mass is 297 g/mol. The van der Waals surface area contributed by atoms with Crippen LogP contribution in [0.25, 0.3) is 11.9 Å². The summed E-state index contributed by atoms with van der Waals surface area (Å²) in [6.07, 6.45) is 9.69. The van der Waals surface area contributed by atoms with Crippen molar-refractivity contribution in [2.75, 3.05) is 5.32 Å². The Balaban J connectivity index is 1.70. The van der Waals surface area contributed by atoms with Crippen molar-refractivity contribution in [2.45, 2.75) is 0 Å². The number of hydrogen-bond donors (Lipinski definition) is 1. The Morgan fingerprint density at radius 1 is 1.38 bits per heavy atom. The highest BCUT2D eigenvalue weighted by atomic mass is 32.1. The van der Waals surface area contributed by atoms with E-state index < -0.39 is 0 Å². The molecular weight excluding hydrogens is 286 g/mol. The second-order valence-electron chi connectivity index (χ2n) is 4.07. The smallest absolute Gasteiger partial charge is 0.249 e. The number of carbonyl (C=O) groups excluding carboxylic acids is 1. The van der Waals surface area contributed by atoms with Crippen LogP contribution >= 0.6 is 11.3 Å². The molecule has 1 N–H and O–H groups in total. The number of aromatic nitrogens is 4. The summed E-state index contributed by atoms with van der Waals surface area (Å²) < 4.78 is 1.73. The highest BCUT2D eigenvalue weighted by Gasteiger charge is 2.03. The van der Waals surface area contributed by atoms with Gasteiger partial charge >= 0.3 is 0 Å². The zero-order valence-corrected chi connectivity index (χ0v) is 11.7. The maximum Gasteiger partial charge on any atom is 0.249 e. The standard InChI is InChI=1S/C14H11N5OS/c20-14(4-3-11-2-1-7-21-11)18-12-8-13(17-9-16-12)19-6-5-15-10-19/h1-10H,(H,16,17,18,20)/b4-3+. The molecule has 0 aliphatic rings. The second kappa shape index (κ2) is 6.10. The first-order valence-electron chi connectivity index (χ1n) is 6.14. The van der Waals surface area contributed by atoms with Gasteiger partial charge in [-0.05, 0) is 17.5 Å². The minimum atomic E-state index is -0.237. The number of rotatable bonds is 4. The van der Waals surface area contributed by atoms with Crippen LogP contribution in [0.5, 0.6) is 0 Å². The van der Waals surface area contributed by atoms with Gasteiger partial charge in [0.25, 0.3) is 0 Å². The van der Waals surface area contributed by atoms with Gasteiger partial charge in [-0.2, -0.15) is 0 Å². The summed E-state index contributed by atoms with van der Waals surface area (Å²) in [5.74, 6) is 0.841. The van der Waals surface area contributed by atoms with Gasteiger partial charge in [-0.1, -0.05) is 6.07 Å². The normalized spacial score (nSPS) is 10.9. The zero-order chi connectivity index (χ0) is 14.5. The highest BCUT2D eigenvalue weighted by Crippen LogP contribution is 2.11. The Hall–Kier alpha value is -2.80. The number of amides is 1. The van der Waals surface area contributed by atoms with Crippen molar-refractivity contribution in [1.29, 1.82) is 0 Å². The van der Waals surface area contributed by atoms with E-state index in [-0.39, 0.29) is 5.91 Å². The lowest BCUT2D eigenvalue weighted by Crippen LogP contribution is -2.10. The molecule has 0 spiro atoms. The van der Waals surface area contributed by atoms with Gasteiger partial charge in [0.1, 0.15) is 24.3 Å². The topological polar surface area (TPSA) is 72.7 Å². The summed E-state index contributed by atoms with van der Waals surface area (Å²) in [4.78, 5) is 25.0. The summed E-state index contributed by atoms with van der Waals surface area (Å²) >= 11 is 1.57. The van der Waals surface area contributed by atoms with Gasteiger partial charge < -0.3 is 5.32 Å². The van der Waals surface area contributed by atoms with Gasteiger partial charge in [0, 0.05) is 29.4 Å². The third-order valence-corrected chi connectivity index (χ3v) is 3.45. The largest absolute Gasteiger partial charge is 0.307 e. The molecule has 21 heavy (non-hydrogen) atoms. The molecule has 0 aliphatic carbocycles. The minimum absolute atomic E-state index is 0.237. The van der Waals surface area contributed by atoms with Gasteiger partial charge in [-0.3, -0.25) is 9.36 Å². The number of carbonyl (C=O) groups is 1. The van der Waals surface area contributed by atoms with Crippen LogP contribution in [0.2, 0.25) is 0 Å². The van der Waals surface area contributed by atoms with Gasteiger partial charge in [-0.25, -0.2) is 15.0 Å². The molecule has 104 valence electrons. The Labute approximate surface area is 124 Å². The SMILES string of the molecule is O=C(/C=C/c1cccs1)Nc1cc(-n2ccnc2)ncn1. The number of hydrogen-bond acceptors (Lipinski definition) is 5. The van der Waals surface area contributed by atoms with Crippen LogP contribution in [0.3, 0.4) is 0 Å². The third kappa shape index (κ3) is 3.40. The highest BCUT2D eigenvalue weighted by molar-refractivity contribution is 7.10. The van der Waals surface area contributed by atoms with E-state index in [9.17, 15) is 4.79 Å². The van der Waals surface area contributed by atoms with Crippen molar-refractivity contribution in [3.05, 3.63) is 59.6 Å². The van der Waals surface area contributed by atoms with Crippen molar-refractivity contribution in [1.82, 2.24) is 19.5 Å². The first kappa shape index (κ1) is 13.2. The molecule has 3 aromatic heterocycles. The molecule has 3 aromatic rings. The van der Waals surface area contributed by atoms with Crippen LogP contribution in [-0.4, -0.2) is 25.4 Å². The van der Waals surface area contributed by atoms with Crippen molar-refractivity contribution in [3.63, 3.8) is 0 Å². The lowest BCUT2D eigenvalue weighted by molar-refractivity contribution is -0.111. The molecule has 1 amide bonds. The molecule has 7 heteroatoms.